The van der Waals surface area contributed by atoms with Crippen LogP contribution in [0.3, 0.4) is 0 Å². The fourth-order valence-electron chi connectivity index (χ4n) is 2.26. The second kappa shape index (κ2) is 6.91. The van der Waals surface area contributed by atoms with Gasteiger partial charge in [-0.15, -0.1) is 0 Å². The van der Waals surface area contributed by atoms with Gasteiger partial charge in [0.25, 0.3) is 0 Å². The van der Waals surface area contributed by atoms with Crippen LogP contribution in [0.15, 0.2) is 46.9 Å². The van der Waals surface area contributed by atoms with E-state index in [1.807, 2.05) is 30.1 Å². The Morgan fingerprint density at radius 1 is 1.24 bits per heavy atom. The second-order valence-electron chi connectivity index (χ2n) is 4.73. The van der Waals surface area contributed by atoms with E-state index in [4.69, 9.17) is 10.5 Å². The Morgan fingerprint density at radius 3 is 2.43 bits per heavy atom. The van der Waals surface area contributed by atoms with E-state index in [9.17, 15) is 4.39 Å². The molecule has 2 rings (SSSR count). The third kappa shape index (κ3) is 3.54. The minimum absolute atomic E-state index is 0.00216. The van der Waals surface area contributed by atoms with Crippen molar-refractivity contribution in [2.24, 2.45) is 5.73 Å². The van der Waals surface area contributed by atoms with Crippen LogP contribution in [0.1, 0.15) is 11.6 Å². The van der Waals surface area contributed by atoms with Crippen LogP contribution < -0.4 is 15.4 Å². The Kier molecular flexibility index (Phi) is 5.20. The lowest BCUT2D eigenvalue weighted by molar-refractivity contribution is 0.412. The Bertz CT molecular complexity index is 604. The van der Waals surface area contributed by atoms with Crippen molar-refractivity contribution in [3.05, 3.63) is 58.3 Å². The zero-order valence-corrected chi connectivity index (χ0v) is 13.6. The van der Waals surface area contributed by atoms with Gasteiger partial charge in [-0.3, -0.25) is 0 Å². The Hall–Kier alpha value is -1.59. The maximum atomic E-state index is 13.0. The summed E-state index contributed by atoms with van der Waals surface area (Å²) in [6.07, 6.45) is 0. The van der Waals surface area contributed by atoms with Crippen LogP contribution in [-0.2, 0) is 0 Å². The smallest absolute Gasteiger partial charge is 0.133 e. The molecular weight excluding hydrogens is 335 g/mol. The van der Waals surface area contributed by atoms with Gasteiger partial charge in [-0.05, 0) is 57.9 Å². The molecule has 0 radical (unpaired) electrons. The van der Waals surface area contributed by atoms with Crippen molar-refractivity contribution in [3.63, 3.8) is 0 Å². The summed E-state index contributed by atoms with van der Waals surface area (Å²) in [5.74, 6) is 0.530. The SMILES string of the molecule is COc1ccc(C(CN)N(C)c2ccc(F)cc2)cc1Br. The Morgan fingerprint density at radius 2 is 1.90 bits per heavy atom. The zero-order valence-electron chi connectivity index (χ0n) is 12.0. The van der Waals surface area contributed by atoms with Crippen LogP contribution in [0.4, 0.5) is 10.1 Å². The lowest BCUT2D eigenvalue weighted by atomic mass is 10.0. The molecule has 0 aromatic heterocycles. The number of benzene rings is 2. The number of methoxy groups -OCH3 is 1. The summed E-state index contributed by atoms with van der Waals surface area (Å²) in [7, 11) is 3.58. The maximum Gasteiger partial charge on any atom is 0.133 e. The number of likely N-dealkylation sites (N-methyl/N-ethyl adjacent to an activating group) is 1. The number of hydrogen-bond acceptors (Lipinski definition) is 3. The van der Waals surface area contributed by atoms with Crippen molar-refractivity contribution in [1.82, 2.24) is 0 Å². The summed E-state index contributed by atoms with van der Waals surface area (Å²) in [5.41, 5.74) is 7.91. The number of nitrogens with two attached hydrogens (primary N) is 1. The number of rotatable bonds is 5. The van der Waals surface area contributed by atoms with Gasteiger partial charge in [0.1, 0.15) is 11.6 Å². The molecule has 21 heavy (non-hydrogen) atoms. The predicted octanol–water partition coefficient (Wildman–Crippen LogP) is 3.73. The van der Waals surface area contributed by atoms with Gasteiger partial charge < -0.3 is 15.4 Å². The Labute approximate surface area is 132 Å². The number of hydrogen-bond donors (Lipinski definition) is 1. The first-order chi connectivity index (χ1) is 10.1. The van der Waals surface area contributed by atoms with Gasteiger partial charge in [-0.1, -0.05) is 6.07 Å². The second-order valence-corrected chi connectivity index (χ2v) is 5.59. The Balaban J connectivity index is 2.30. The molecule has 2 N–H and O–H groups in total. The highest BCUT2D eigenvalue weighted by molar-refractivity contribution is 9.10. The highest BCUT2D eigenvalue weighted by Crippen LogP contribution is 2.31. The minimum atomic E-state index is -0.247. The van der Waals surface area contributed by atoms with E-state index in [2.05, 4.69) is 15.9 Å². The molecule has 2 aromatic carbocycles. The standard InChI is InChI=1S/C16H18BrFN2O/c1-20(13-6-4-12(18)5-7-13)15(10-19)11-3-8-16(21-2)14(17)9-11/h3-9,15H,10,19H2,1-2H3. The molecule has 0 amide bonds. The highest BCUT2D eigenvalue weighted by atomic mass is 79.9. The van der Waals surface area contributed by atoms with E-state index in [0.717, 1.165) is 21.5 Å². The van der Waals surface area contributed by atoms with Crippen LogP contribution in [0.25, 0.3) is 0 Å². The van der Waals surface area contributed by atoms with Gasteiger partial charge in [0, 0.05) is 19.3 Å². The van der Waals surface area contributed by atoms with E-state index in [0.29, 0.717) is 6.54 Å². The average molecular weight is 353 g/mol. The van der Waals surface area contributed by atoms with Gasteiger partial charge in [0.2, 0.25) is 0 Å². The molecule has 0 aliphatic carbocycles. The van der Waals surface area contributed by atoms with Gasteiger partial charge in [0.15, 0.2) is 0 Å². The van der Waals surface area contributed by atoms with Crippen molar-refractivity contribution in [1.29, 1.82) is 0 Å². The summed E-state index contributed by atoms with van der Waals surface area (Å²) >= 11 is 3.49. The van der Waals surface area contributed by atoms with Crippen LogP contribution in [0.5, 0.6) is 5.75 Å². The van der Waals surface area contributed by atoms with Crippen molar-refractivity contribution in [3.8, 4) is 5.75 Å². The monoisotopic (exact) mass is 352 g/mol. The maximum absolute atomic E-state index is 13.0. The molecule has 0 aliphatic rings. The van der Waals surface area contributed by atoms with Crippen molar-refractivity contribution >= 4 is 21.6 Å². The van der Waals surface area contributed by atoms with Crippen molar-refractivity contribution < 1.29 is 9.13 Å². The van der Waals surface area contributed by atoms with E-state index in [1.54, 1.807) is 19.2 Å². The van der Waals surface area contributed by atoms with E-state index >= 15 is 0 Å². The number of anilines is 1. The third-order valence-corrected chi connectivity index (χ3v) is 4.10. The molecule has 0 fully saturated rings. The first-order valence-electron chi connectivity index (χ1n) is 6.58. The topological polar surface area (TPSA) is 38.5 Å². The number of ether oxygens (including phenoxy) is 1. The third-order valence-electron chi connectivity index (χ3n) is 3.49. The van der Waals surface area contributed by atoms with Gasteiger partial charge in [0.05, 0.1) is 17.6 Å². The number of nitrogens with zero attached hydrogens (tertiary/aromatic N) is 1. The van der Waals surface area contributed by atoms with E-state index < -0.39 is 0 Å². The quantitative estimate of drug-likeness (QED) is 0.890. The lowest BCUT2D eigenvalue weighted by Crippen LogP contribution is -2.30. The first-order valence-corrected chi connectivity index (χ1v) is 7.38. The summed E-state index contributed by atoms with van der Waals surface area (Å²) in [6, 6.07) is 12.3. The summed E-state index contributed by atoms with van der Waals surface area (Å²) < 4.78 is 19.2. The fraction of sp³-hybridized carbons (Fsp3) is 0.250. The average Bonchev–Trinajstić information content (AvgIpc) is 2.49. The van der Waals surface area contributed by atoms with Crippen LogP contribution in [0.2, 0.25) is 0 Å². The molecule has 1 unspecified atom stereocenters. The first kappa shape index (κ1) is 15.8. The predicted molar refractivity (Wildman–Crippen MR) is 87.3 cm³/mol. The molecule has 0 spiro atoms. The molecule has 0 bridgehead atoms. The molecule has 112 valence electrons. The largest absolute Gasteiger partial charge is 0.496 e. The van der Waals surface area contributed by atoms with E-state index in [1.165, 1.54) is 12.1 Å². The normalized spacial score (nSPS) is 12.0. The summed E-state index contributed by atoms with van der Waals surface area (Å²) in [5, 5.41) is 0. The molecule has 0 heterocycles. The molecule has 2 aromatic rings. The minimum Gasteiger partial charge on any atom is -0.496 e. The van der Waals surface area contributed by atoms with Crippen molar-refractivity contribution in [2.45, 2.75) is 6.04 Å². The molecule has 1 atom stereocenters. The summed E-state index contributed by atoms with van der Waals surface area (Å²) in [6.45, 7) is 0.451. The van der Waals surface area contributed by atoms with Crippen LogP contribution in [-0.4, -0.2) is 20.7 Å². The molecule has 0 saturated heterocycles. The molecule has 5 heteroatoms. The molecule has 3 nitrogen and oxygen atoms in total. The molecule has 0 aliphatic heterocycles. The number of halogens is 2. The molecular formula is C16H18BrFN2O. The zero-order chi connectivity index (χ0) is 15.4. The summed E-state index contributed by atoms with van der Waals surface area (Å²) in [4.78, 5) is 2.04. The van der Waals surface area contributed by atoms with Gasteiger partial charge in [-0.25, -0.2) is 4.39 Å². The van der Waals surface area contributed by atoms with Crippen LogP contribution in [0, 0.1) is 5.82 Å². The highest BCUT2D eigenvalue weighted by Gasteiger charge is 2.17. The molecule has 0 saturated carbocycles. The van der Waals surface area contributed by atoms with Gasteiger partial charge in [-0.2, -0.15) is 0 Å². The van der Waals surface area contributed by atoms with Crippen molar-refractivity contribution in [2.75, 3.05) is 25.6 Å². The fourth-order valence-corrected chi connectivity index (χ4v) is 2.82. The van der Waals surface area contributed by atoms with Crippen LogP contribution >= 0.6 is 15.9 Å². The van der Waals surface area contributed by atoms with Gasteiger partial charge >= 0.3 is 0 Å². The van der Waals surface area contributed by atoms with E-state index in [-0.39, 0.29) is 11.9 Å². The lowest BCUT2D eigenvalue weighted by Gasteiger charge is -2.29.